The number of carbonyl (C=O) groups is 2. The Labute approximate surface area is 198 Å². The van der Waals surface area contributed by atoms with Gasteiger partial charge in [-0.25, -0.2) is 0 Å². The fourth-order valence-electron chi connectivity index (χ4n) is 3.80. The summed E-state index contributed by atoms with van der Waals surface area (Å²) in [5.41, 5.74) is 4.63. The molecule has 33 heavy (non-hydrogen) atoms. The maximum atomic E-state index is 12.4. The number of hydrogen-bond acceptors (Lipinski definition) is 3. The minimum atomic E-state index is -0.793. The molecule has 0 fully saturated rings. The number of phenolic OH excluding ortho intramolecular Hbond substituents is 1. The summed E-state index contributed by atoms with van der Waals surface area (Å²) in [6.45, 7) is 13.1. The van der Waals surface area contributed by atoms with Gasteiger partial charge in [0.1, 0.15) is 5.75 Å². The first-order valence-electron chi connectivity index (χ1n) is 11.7. The van der Waals surface area contributed by atoms with E-state index in [1.165, 1.54) is 0 Å². The number of hydrogen-bond donors (Lipinski definition) is 3. The van der Waals surface area contributed by atoms with E-state index in [1.807, 2.05) is 36.4 Å². The van der Waals surface area contributed by atoms with Gasteiger partial charge in [-0.3, -0.25) is 9.59 Å². The predicted molar refractivity (Wildman–Crippen MR) is 133 cm³/mol. The minimum Gasteiger partial charge on any atom is -0.507 e. The highest BCUT2D eigenvalue weighted by atomic mass is 16.4. The molecule has 180 valence electrons. The summed E-state index contributed by atoms with van der Waals surface area (Å²) in [5.74, 6) is -0.425. The van der Waals surface area contributed by atoms with Crippen LogP contribution in [0.25, 0.3) is 0 Å². The van der Waals surface area contributed by atoms with Gasteiger partial charge in [0.05, 0.1) is 0 Å². The van der Waals surface area contributed by atoms with E-state index >= 15 is 0 Å². The van der Waals surface area contributed by atoms with Crippen molar-refractivity contribution in [1.29, 1.82) is 0 Å². The fraction of sp³-hybridized carbons (Fsp3) is 0.500. The maximum absolute atomic E-state index is 12.4. The molecule has 0 radical (unpaired) electrons. The largest absolute Gasteiger partial charge is 0.507 e. The molecular weight excluding hydrogens is 414 g/mol. The monoisotopic (exact) mass is 453 g/mol. The van der Waals surface area contributed by atoms with Gasteiger partial charge in [-0.1, -0.05) is 77.9 Å². The Morgan fingerprint density at radius 2 is 1.21 bits per heavy atom. The Hall–Kier alpha value is -2.82. The quantitative estimate of drug-likeness (QED) is 0.481. The Balaban J connectivity index is 1.92. The number of aliphatic carboxylic acids is 1. The number of benzene rings is 2. The Morgan fingerprint density at radius 1 is 0.758 bits per heavy atom. The van der Waals surface area contributed by atoms with Crippen LogP contribution in [0, 0.1) is 0 Å². The third kappa shape index (κ3) is 8.23. The van der Waals surface area contributed by atoms with Crippen molar-refractivity contribution in [2.75, 3.05) is 6.54 Å². The summed E-state index contributed by atoms with van der Waals surface area (Å²) in [5, 5.41) is 22.6. The number of aromatic hydroxyl groups is 1. The van der Waals surface area contributed by atoms with Gasteiger partial charge in [0.15, 0.2) is 0 Å². The molecule has 3 N–H and O–H groups in total. The van der Waals surface area contributed by atoms with Gasteiger partial charge in [-0.05, 0) is 57.9 Å². The molecule has 0 heterocycles. The van der Waals surface area contributed by atoms with Crippen LogP contribution in [0.4, 0.5) is 0 Å². The van der Waals surface area contributed by atoms with Crippen LogP contribution < -0.4 is 5.32 Å². The van der Waals surface area contributed by atoms with Crippen LogP contribution in [0.5, 0.6) is 5.75 Å². The van der Waals surface area contributed by atoms with E-state index in [0.717, 1.165) is 34.2 Å². The summed E-state index contributed by atoms with van der Waals surface area (Å²) in [7, 11) is 0. The zero-order valence-electron chi connectivity index (χ0n) is 20.9. The standard InChI is InChI=1S/C28H39NO4/c1-27(2,3)22-17-21(18-23(26(22)33)28(4,5)6)11-13-24(30)29-16-15-20-9-7-19(8-10-20)12-14-25(31)32/h7-10,17-18,33H,11-16H2,1-6H3,(H,29,30)(H,31,32). The molecular formula is C28H39NO4. The maximum Gasteiger partial charge on any atom is 0.303 e. The van der Waals surface area contributed by atoms with E-state index in [-0.39, 0.29) is 23.2 Å². The fourth-order valence-corrected chi connectivity index (χ4v) is 3.80. The number of carboxylic acids is 1. The number of carbonyl (C=O) groups excluding carboxylic acids is 1. The second kappa shape index (κ2) is 10.9. The van der Waals surface area contributed by atoms with Crippen molar-refractivity contribution in [1.82, 2.24) is 5.32 Å². The van der Waals surface area contributed by atoms with Crippen LogP contribution in [-0.2, 0) is 39.7 Å². The molecule has 0 aromatic heterocycles. The zero-order chi connectivity index (χ0) is 24.8. The molecule has 2 rings (SSSR count). The summed E-state index contributed by atoms with van der Waals surface area (Å²) in [6.07, 6.45) is 2.40. The van der Waals surface area contributed by atoms with Crippen molar-refractivity contribution in [3.8, 4) is 5.75 Å². The lowest BCUT2D eigenvalue weighted by Crippen LogP contribution is -2.26. The highest BCUT2D eigenvalue weighted by Gasteiger charge is 2.26. The van der Waals surface area contributed by atoms with Gasteiger partial charge >= 0.3 is 5.97 Å². The molecule has 0 aliphatic rings. The summed E-state index contributed by atoms with van der Waals surface area (Å²) in [4.78, 5) is 23.1. The van der Waals surface area contributed by atoms with Gasteiger partial charge in [-0.2, -0.15) is 0 Å². The molecule has 0 saturated heterocycles. The third-order valence-corrected chi connectivity index (χ3v) is 5.81. The number of nitrogens with one attached hydrogen (secondary N) is 1. The van der Waals surface area contributed by atoms with Gasteiger partial charge in [-0.15, -0.1) is 0 Å². The lowest BCUT2D eigenvalue weighted by atomic mass is 9.78. The highest BCUT2D eigenvalue weighted by molar-refractivity contribution is 5.76. The number of rotatable bonds is 9. The molecule has 0 atom stereocenters. The lowest BCUT2D eigenvalue weighted by molar-refractivity contribution is -0.137. The van der Waals surface area contributed by atoms with Crippen LogP contribution in [0.3, 0.4) is 0 Å². The second-order valence-corrected chi connectivity index (χ2v) is 10.8. The Kier molecular flexibility index (Phi) is 8.70. The van der Waals surface area contributed by atoms with Crippen LogP contribution in [0.1, 0.15) is 82.2 Å². The van der Waals surface area contributed by atoms with Crippen molar-refractivity contribution < 1.29 is 19.8 Å². The van der Waals surface area contributed by atoms with Crippen molar-refractivity contribution in [3.63, 3.8) is 0 Å². The molecule has 0 bridgehead atoms. The first-order valence-corrected chi connectivity index (χ1v) is 11.7. The molecule has 5 nitrogen and oxygen atoms in total. The first-order chi connectivity index (χ1) is 15.3. The van der Waals surface area contributed by atoms with Crippen molar-refractivity contribution >= 4 is 11.9 Å². The van der Waals surface area contributed by atoms with Crippen molar-refractivity contribution in [3.05, 3.63) is 64.2 Å². The Bertz CT molecular complexity index is 928. The topological polar surface area (TPSA) is 86.6 Å². The van der Waals surface area contributed by atoms with E-state index in [9.17, 15) is 14.7 Å². The van der Waals surface area contributed by atoms with Crippen LogP contribution in [-0.4, -0.2) is 28.6 Å². The van der Waals surface area contributed by atoms with E-state index < -0.39 is 5.97 Å². The summed E-state index contributed by atoms with van der Waals surface area (Å²) < 4.78 is 0. The molecule has 0 unspecified atom stereocenters. The van der Waals surface area contributed by atoms with E-state index in [2.05, 4.69) is 46.9 Å². The van der Waals surface area contributed by atoms with Gasteiger partial charge in [0.2, 0.25) is 5.91 Å². The predicted octanol–water partition coefficient (Wildman–Crippen LogP) is 5.30. The average molecular weight is 454 g/mol. The molecule has 0 aliphatic carbocycles. The highest BCUT2D eigenvalue weighted by Crippen LogP contribution is 2.39. The average Bonchev–Trinajstić information content (AvgIpc) is 2.70. The SMILES string of the molecule is CC(C)(C)c1cc(CCC(=O)NCCc2ccc(CCC(=O)O)cc2)cc(C(C)(C)C)c1O. The Morgan fingerprint density at radius 3 is 1.67 bits per heavy atom. The molecule has 5 heteroatoms. The van der Waals surface area contributed by atoms with E-state index in [0.29, 0.717) is 31.6 Å². The normalized spacial score (nSPS) is 11.9. The molecule has 0 spiro atoms. The number of phenols is 1. The molecule has 2 aromatic carbocycles. The summed E-state index contributed by atoms with van der Waals surface area (Å²) >= 11 is 0. The lowest BCUT2D eigenvalue weighted by Gasteiger charge is -2.28. The van der Waals surface area contributed by atoms with Gasteiger partial charge < -0.3 is 15.5 Å². The van der Waals surface area contributed by atoms with E-state index in [4.69, 9.17) is 5.11 Å². The molecule has 0 saturated carbocycles. The first kappa shape index (κ1) is 26.4. The van der Waals surface area contributed by atoms with Crippen molar-refractivity contribution in [2.45, 2.75) is 84.5 Å². The molecule has 1 amide bonds. The zero-order valence-corrected chi connectivity index (χ0v) is 20.9. The smallest absolute Gasteiger partial charge is 0.303 e. The van der Waals surface area contributed by atoms with Gasteiger partial charge in [0.25, 0.3) is 0 Å². The second-order valence-electron chi connectivity index (χ2n) is 10.8. The van der Waals surface area contributed by atoms with Crippen LogP contribution in [0.15, 0.2) is 36.4 Å². The van der Waals surface area contributed by atoms with E-state index in [1.54, 1.807) is 0 Å². The number of amides is 1. The molecule has 0 aliphatic heterocycles. The number of aryl methyl sites for hydroxylation is 2. The third-order valence-electron chi connectivity index (χ3n) is 5.81. The van der Waals surface area contributed by atoms with Gasteiger partial charge in [0, 0.05) is 19.4 Å². The number of carboxylic acid groups (broad SMARTS) is 1. The summed E-state index contributed by atoms with van der Waals surface area (Å²) in [6, 6.07) is 11.9. The minimum absolute atomic E-state index is 0.00997. The van der Waals surface area contributed by atoms with Crippen molar-refractivity contribution in [2.24, 2.45) is 0 Å². The molecule has 2 aromatic rings. The van der Waals surface area contributed by atoms with Crippen LogP contribution in [0.2, 0.25) is 0 Å². The van der Waals surface area contributed by atoms with Crippen LogP contribution >= 0.6 is 0 Å².